The van der Waals surface area contributed by atoms with Gasteiger partial charge in [0.25, 0.3) is 5.91 Å². The van der Waals surface area contributed by atoms with Crippen molar-refractivity contribution >= 4 is 51.6 Å². The van der Waals surface area contributed by atoms with Gasteiger partial charge >= 0.3 is 0 Å². The topological polar surface area (TPSA) is 97.6 Å². The van der Waals surface area contributed by atoms with E-state index in [0.29, 0.717) is 16.7 Å². The largest absolute Gasteiger partial charge is 0.365 e. The van der Waals surface area contributed by atoms with Gasteiger partial charge in [0.15, 0.2) is 22.1 Å². The number of aryl methyl sites for hydroxylation is 1. The number of rotatable bonds is 6. The number of hydrogen-bond donors (Lipinski definition) is 2. The maximum absolute atomic E-state index is 12.9. The van der Waals surface area contributed by atoms with E-state index in [2.05, 4.69) is 51.3 Å². The van der Waals surface area contributed by atoms with Crippen molar-refractivity contribution in [1.29, 1.82) is 0 Å². The molecule has 2 N–H and O–H groups in total. The van der Waals surface area contributed by atoms with Crippen LogP contribution in [0.3, 0.4) is 0 Å². The number of imidazole rings is 1. The number of carbonyl (C=O) groups excluding carboxylic acids is 1. The fourth-order valence-electron chi connectivity index (χ4n) is 3.46. The molecular formula is C25H27N7OS. The fourth-order valence-corrected chi connectivity index (χ4v) is 4.33. The predicted octanol–water partition coefficient (Wildman–Crippen LogP) is 5.34. The van der Waals surface area contributed by atoms with Crippen molar-refractivity contribution in [1.82, 2.24) is 24.5 Å². The van der Waals surface area contributed by atoms with Crippen LogP contribution in [0.4, 0.5) is 10.9 Å². The number of anilines is 2. The first-order valence-corrected chi connectivity index (χ1v) is 12.1. The van der Waals surface area contributed by atoms with Crippen LogP contribution in [-0.2, 0) is 5.41 Å². The van der Waals surface area contributed by atoms with Gasteiger partial charge in [0.2, 0.25) is 0 Å². The van der Waals surface area contributed by atoms with Crippen LogP contribution in [0.25, 0.3) is 23.4 Å². The highest BCUT2D eigenvalue weighted by Gasteiger charge is 2.23. The number of carbonyl (C=O) groups is 1. The number of thiazole rings is 1. The molecule has 3 aromatic heterocycles. The second-order valence-electron chi connectivity index (χ2n) is 9.59. The van der Waals surface area contributed by atoms with E-state index in [1.165, 1.54) is 11.3 Å². The molecule has 8 nitrogen and oxygen atoms in total. The second-order valence-corrected chi connectivity index (χ2v) is 10.6. The molecule has 0 radical (unpaired) electrons. The van der Waals surface area contributed by atoms with Crippen LogP contribution >= 0.6 is 11.3 Å². The van der Waals surface area contributed by atoms with Crippen LogP contribution in [-0.4, -0.2) is 36.5 Å². The first kappa shape index (κ1) is 22.2. The molecule has 0 spiro atoms. The van der Waals surface area contributed by atoms with Gasteiger partial charge in [-0.2, -0.15) is 0 Å². The summed E-state index contributed by atoms with van der Waals surface area (Å²) in [5, 5.41) is 6.93. The minimum atomic E-state index is -0.180. The smallest absolute Gasteiger partial charge is 0.257 e. The molecule has 0 bridgehead atoms. The molecule has 0 saturated heterocycles. The Bertz CT molecular complexity index is 1390. The third-order valence-electron chi connectivity index (χ3n) is 5.70. The van der Waals surface area contributed by atoms with E-state index in [9.17, 15) is 4.79 Å². The minimum Gasteiger partial charge on any atom is -0.365 e. The molecule has 0 aliphatic heterocycles. The lowest BCUT2D eigenvalue weighted by Crippen LogP contribution is -2.12. The van der Waals surface area contributed by atoms with Gasteiger partial charge in [-0.3, -0.25) is 14.7 Å². The Morgan fingerprint density at radius 2 is 2.00 bits per heavy atom. The van der Waals surface area contributed by atoms with Crippen molar-refractivity contribution in [2.24, 2.45) is 0 Å². The Kier molecular flexibility index (Phi) is 5.65. The molecule has 1 fully saturated rings. The first-order valence-electron chi connectivity index (χ1n) is 11.3. The monoisotopic (exact) mass is 473 g/mol. The van der Waals surface area contributed by atoms with Crippen molar-refractivity contribution in [3.8, 4) is 0 Å². The average molecular weight is 474 g/mol. The van der Waals surface area contributed by atoms with Crippen LogP contribution in [0.5, 0.6) is 0 Å². The summed E-state index contributed by atoms with van der Waals surface area (Å²) in [5.74, 6) is 0.590. The van der Waals surface area contributed by atoms with Crippen molar-refractivity contribution in [3.63, 3.8) is 0 Å². The summed E-state index contributed by atoms with van der Waals surface area (Å²) in [5.41, 5.74) is 4.06. The molecule has 9 heteroatoms. The third-order valence-corrected chi connectivity index (χ3v) is 7.04. The van der Waals surface area contributed by atoms with Gasteiger partial charge in [0.1, 0.15) is 12.7 Å². The first-order chi connectivity index (χ1) is 16.3. The Morgan fingerprint density at radius 3 is 2.74 bits per heavy atom. The van der Waals surface area contributed by atoms with E-state index >= 15 is 0 Å². The molecule has 1 saturated carbocycles. The SMILES string of the molecule is Cc1ccc(C(=O)Nc2ncc(C(C)(C)C)s2)cc1/C=C/n1cnc2c(NC3CC3)ncnc21. The van der Waals surface area contributed by atoms with Gasteiger partial charge in [-0.05, 0) is 54.5 Å². The zero-order chi connectivity index (χ0) is 23.9. The van der Waals surface area contributed by atoms with Crippen LogP contribution < -0.4 is 10.6 Å². The Morgan fingerprint density at radius 1 is 1.18 bits per heavy atom. The Hall–Kier alpha value is -3.59. The quantitative estimate of drug-likeness (QED) is 0.392. The van der Waals surface area contributed by atoms with Gasteiger partial charge < -0.3 is 5.32 Å². The van der Waals surface area contributed by atoms with Crippen LogP contribution in [0.15, 0.2) is 37.1 Å². The summed E-state index contributed by atoms with van der Waals surface area (Å²) in [7, 11) is 0. The van der Waals surface area contributed by atoms with Crippen LogP contribution in [0.2, 0.25) is 0 Å². The number of nitrogens with one attached hydrogen (secondary N) is 2. The molecule has 3 heterocycles. The number of hydrogen-bond acceptors (Lipinski definition) is 7. The van der Waals surface area contributed by atoms with Crippen LogP contribution in [0.1, 0.15) is 60.0 Å². The zero-order valence-electron chi connectivity index (χ0n) is 19.7. The molecular weight excluding hydrogens is 446 g/mol. The maximum Gasteiger partial charge on any atom is 0.257 e. The molecule has 4 aromatic rings. The van der Waals surface area contributed by atoms with E-state index in [0.717, 1.165) is 45.8 Å². The molecule has 1 amide bonds. The number of benzene rings is 1. The molecule has 5 rings (SSSR count). The maximum atomic E-state index is 12.9. The van der Waals surface area contributed by atoms with Gasteiger partial charge in [0.05, 0.1) is 0 Å². The molecule has 1 aliphatic rings. The van der Waals surface area contributed by atoms with Crippen molar-refractivity contribution < 1.29 is 4.79 Å². The highest BCUT2D eigenvalue weighted by Crippen LogP contribution is 2.30. The molecule has 0 atom stereocenters. The van der Waals surface area contributed by atoms with Crippen molar-refractivity contribution in [2.75, 3.05) is 10.6 Å². The summed E-state index contributed by atoms with van der Waals surface area (Å²) >= 11 is 1.50. The Labute approximate surface area is 202 Å². The van der Waals surface area contributed by atoms with Gasteiger partial charge in [-0.25, -0.2) is 19.9 Å². The van der Waals surface area contributed by atoms with E-state index in [1.54, 1.807) is 12.7 Å². The number of nitrogens with zero attached hydrogens (tertiary/aromatic N) is 5. The number of fused-ring (bicyclic) bond motifs is 1. The number of aromatic nitrogens is 5. The molecule has 1 aromatic carbocycles. The standard InChI is InChI=1S/C25H27N7OS/c1-15-5-6-17(23(33)31-24-26-12-19(34-24)25(2,3)4)11-16(15)9-10-32-14-29-20-21(30-18-7-8-18)27-13-28-22(20)32/h5-6,9-14,18H,7-8H2,1-4H3,(H,26,31,33)(H,27,28,30)/b10-9+. The van der Waals surface area contributed by atoms with Gasteiger partial charge in [-0.15, -0.1) is 11.3 Å². The second kappa shape index (κ2) is 8.64. The van der Waals surface area contributed by atoms with Crippen LogP contribution in [0, 0.1) is 6.92 Å². The van der Waals surface area contributed by atoms with Crippen molar-refractivity contribution in [3.05, 3.63) is 58.6 Å². The van der Waals surface area contributed by atoms with Crippen molar-refractivity contribution in [2.45, 2.75) is 52.0 Å². The summed E-state index contributed by atoms with van der Waals surface area (Å²) in [6, 6.07) is 6.15. The molecule has 0 unspecified atom stereocenters. The van der Waals surface area contributed by atoms with E-state index in [1.807, 2.05) is 48.2 Å². The van der Waals surface area contributed by atoms with E-state index < -0.39 is 0 Å². The highest BCUT2D eigenvalue weighted by molar-refractivity contribution is 7.15. The van der Waals surface area contributed by atoms with Gasteiger partial charge in [-0.1, -0.05) is 26.8 Å². The Balaban J connectivity index is 1.36. The molecule has 34 heavy (non-hydrogen) atoms. The highest BCUT2D eigenvalue weighted by atomic mass is 32.1. The lowest BCUT2D eigenvalue weighted by molar-refractivity contribution is 0.102. The summed E-state index contributed by atoms with van der Waals surface area (Å²) in [6.45, 7) is 8.41. The summed E-state index contributed by atoms with van der Waals surface area (Å²) in [4.78, 5) is 31.6. The average Bonchev–Trinajstić information content (AvgIpc) is 3.30. The predicted molar refractivity (Wildman–Crippen MR) is 137 cm³/mol. The normalized spacial score (nSPS) is 14.1. The van der Waals surface area contributed by atoms with Gasteiger partial charge in [0, 0.05) is 28.9 Å². The zero-order valence-corrected chi connectivity index (χ0v) is 20.5. The van der Waals surface area contributed by atoms with E-state index in [4.69, 9.17) is 0 Å². The fraction of sp³-hybridized carbons (Fsp3) is 0.320. The number of amides is 1. The molecule has 1 aliphatic carbocycles. The minimum absolute atomic E-state index is 0.000390. The third kappa shape index (κ3) is 4.70. The molecule has 174 valence electrons. The lowest BCUT2D eigenvalue weighted by atomic mass is 9.96. The summed E-state index contributed by atoms with van der Waals surface area (Å²) < 4.78 is 1.87. The van der Waals surface area contributed by atoms with E-state index in [-0.39, 0.29) is 11.3 Å². The summed E-state index contributed by atoms with van der Waals surface area (Å²) in [6.07, 6.45) is 11.3. The lowest BCUT2D eigenvalue weighted by Gasteiger charge is -2.14.